The van der Waals surface area contributed by atoms with Crippen molar-refractivity contribution in [3.8, 4) is 5.88 Å². The third kappa shape index (κ3) is 3.64. The molecule has 0 aliphatic carbocycles. The first-order valence-corrected chi connectivity index (χ1v) is 12.4. The Morgan fingerprint density at radius 1 is 1.26 bits per heavy atom. The molecule has 3 heterocycles. The molecule has 1 aromatic heterocycles. The monoisotopic (exact) mass is 463 g/mol. The highest BCUT2D eigenvalue weighted by atomic mass is 32.2. The number of rotatable bonds is 3. The van der Waals surface area contributed by atoms with Gasteiger partial charge in [0.2, 0.25) is 21.0 Å². The number of piperidine rings is 1. The number of hydrogen-bond donors (Lipinski definition) is 2. The van der Waals surface area contributed by atoms with Gasteiger partial charge in [0.05, 0.1) is 10.4 Å². The molecule has 3 N–H and O–H groups in total. The maximum Gasteiger partial charge on any atom is 0.243 e. The minimum absolute atomic E-state index is 0.0607. The molecule has 0 amide bonds. The maximum absolute atomic E-state index is 13.5. The largest absolute Gasteiger partial charge is 0.493 e. The minimum atomic E-state index is -3.67. The molecule has 0 radical (unpaired) electrons. The van der Waals surface area contributed by atoms with Gasteiger partial charge >= 0.3 is 0 Å². The smallest absolute Gasteiger partial charge is 0.243 e. The van der Waals surface area contributed by atoms with E-state index in [1.165, 1.54) is 0 Å². The van der Waals surface area contributed by atoms with E-state index in [0.29, 0.717) is 24.4 Å². The quantitative estimate of drug-likeness (QED) is 0.519. The Bertz CT molecular complexity index is 1190. The molecule has 2 aliphatic rings. The zero-order valence-electron chi connectivity index (χ0n) is 18.3. The molecular formula is C21H29N5O3S2. The molecule has 1 aromatic carbocycles. The zero-order valence-corrected chi connectivity index (χ0v) is 19.9. The van der Waals surface area contributed by atoms with Gasteiger partial charge in [-0.2, -0.15) is 4.31 Å². The Morgan fingerprint density at radius 3 is 2.52 bits per heavy atom. The molecule has 168 valence electrons. The van der Waals surface area contributed by atoms with Gasteiger partial charge in [0.15, 0.2) is 5.69 Å². The molecule has 10 heteroatoms. The van der Waals surface area contributed by atoms with Gasteiger partial charge in [0, 0.05) is 24.0 Å². The summed E-state index contributed by atoms with van der Waals surface area (Å²) in [5, 5.41) is 19.3. The van der Waals surface area contributed by atoms with Gasteiger partial charge in [0.25, 0.3) is 0 Å². The van der Waals surface area contributed by atoms with Gasteiger partial charge < -0.3 is 15.4 Å². The first-order valence-electron chi connectivity index (χ1n) is 10.6. The van der Waals surface area contributed by atoms with Crippen molar-refractivity contribution in [2.24, 2.45) is 21.9 Å². The Kier molecular flexibility index (Phi) is 5.38. The van der Waals surface area contributed by atoms with E-state index < -0.39 is 10.0 Å². The first-order chi connectivity index (χ1) is 14.4. The van der Waals surface area contributed by atoms with Crippen LogP contribution in [0.3, 0.4) is 0 Å². The molecule has 0 spiro atoms. The van der Waals surface area contributed by atoms with Crippen LogP contribution in [0.1, 0.15) is 58.4 Å². The van der Waals surface area contributed by atoms with Crippen molar-refractivity contribution in [3.63, 3.8) is 0 Å². The van der Waals surface area contributed by atoms with Crippen molar-refractivity contribution in [2.45, 2.75) is 63.3 Å². The molecule has 0 bridgehead atoms. The van der Waals surface area contributed by atoms with Gasteiger partial charge in [-0.1, -0.05) is 13.8 Å². The van der Waals surface area contributed by atoms with Gasteiger partial charge in [-0.25, -0.2) is 8.42 Å². The van der Waals surface area contributed by atoms with Gasteiger partial charge in [0.1, 0.15) is 0 Å². The maximum atomic E-state index is 13.5. The lowest BCUT2D eigenvalue weighted by Crippen LogP contribution is -2.38. The summed E-state index contributed by atoms with van der Waals surface area (Å²) in [6, 6.07) is 3.37. The molecule has 0 saturated carbocycles. The van der Waals surface area contributed by atoms with Gasteiger partial charge in [-0.05, 0) is 74.9 Å². The normalized spacial score (nSPS) is 22.4. The Hall–Kier alpha value is -2.04. The predicted octanol–water partition coefficient (Wildman–Crippen LogP) is 4.34. The summed E-state index contributed by atoms with van der Waals surface area (Å²) in [6.07, 6.45) is 2.45. The second-order valence-corrected chi connectivity index (χ2v) is 11.8. The van der Waals surface area contributed by atoms with E-state index in [1.807, 2.05) is 18.4 Å². The summed E-state index contributed by atoms with van der Waals surface area (Å²) in [5.41, 5.74) is 6.95. The Morgan fingerprint density at radius 2 is 1.90 bits per heavy atom. The van der Waals surface area contributed by atoms with Gasteiger partial charge in [-0.3, -0.25) is 0 Å². The summed E-state index contributed by atoms with van der Waals surface area (Å²) in [4.78, 5) is 0.222. The number of nitrogens with zero attached hydrogens (tertiary/aromatic N) is 4. The van der Waals surface area contributed by atoms with Gasteiger partial charge in [-0.15, -0.1) is 10.2 Å². The summed E-state index contributed by atoms with van der Waals surface area (Å²) in [5.74, 6) is 0.570. The van der Waals surface area contributed by atoms with Crippen LogP contribution >= 0.6 is 12.2 Å². The molecule has 1 fully saturated rings. The van der Waals surface area contributed by atoms with E-state index in [2.05, 4.69) is 24.1 Å². The van der Waals surface area contributed by atoms with Crippen molar-refractivity contribution in [1.29, 1.82) is 0 Å². The fourth-order valence-electron chi connectivity index (χ4n) is 5.03. The molecule has 1 atom stereocenters. The highest BCUT2D eigenvalue weighted by Gasteiger charge is 2.38. The first kappa shape index (κ1) is 22.2. The molecule has 2 aromatic rings. The second-order valence-electron chi connectivity index (χ2n) is 9.46. The van der Waals surface area contributed by atoms with Crippen molar-refractivity contribution < 1.29 is 13.5 Å². The van der Waals surface area contributed by atoms with Crippen LogP contribution < -0.4 is 5.73 Å². The SMILES string of the molecule is CC1CCN(S(=O)(=O)c2cc3c4c(c2)c(N=NC(N)=S)c(O)n4C(C)(C)CC3C)CC1. The summed E-state index contributed by atoms with van der Waals surface area (Å²) in [6.45, 7) is 9.34. The lowest BCUT2D eigenvalue weighted by Gasteiger charge is -2.37. The molecule has 4 rings (SSSR count). The fourth-order valence-corrected chi connectivity index (χ4v) is 6.60. The van der Waals surface area contributed by atoms with E-state index >= 15 is 0 Å². The van der Waals surface area contributed by atoms with E-state index in [4.69, 9.17) is 18.0 Å². The van der Waals surface area contributed by atoms with E-state index in [-0.39, 0.29) is 33.0 Å². The zero-order chi connectivity index (χ0) is 22.7. The van der Waals surface area contributed by atoms with Crippen LogP contribution in [-0.2, 0) is 15.6 Å². The number of aromatic hydroxyl groups is 1. The molecule has 31 heavy (non-hydrogen) atoms. The van der Waals surface area contributed by atoms with Crippen LogP contribution in [0.5, 0.6) is 5.88 Å². The summed E-state index contributed by atoms with van der Waals surface area (Å²) >= 11 is 4.80. The fraction of sp³-hybridized carbons (Fsp3) is 0.571. The molecule has 1 saturated heterocycles. The van der Waals surface area contributed by atoms with E-state index in [1.54, 1.807) is 16.4 Å². The van der Waals surface area contributed by atoms with Crippen molar-refractivity contribution >= 4 is 43.9 Å². The lowest BCUT2D eigenvalue weighted by atomic mass is 9.82. The molecule has 1 unspecified atom stereocenters. The molecule has 2 aliphatic heterocycles. The number of sulfonamides is 1. The number of benzene rings is 1. The number of aromatic nitrogens is 1. The van der Waals surface area contributed by atoms with Crippen LogP contribution in [0, 0.1) is 5.92 Å². The predicted molar refractivity (Wildman–Crippen MR) is 124 cm³/mol. The van der Waals surface area contributed by atoms with Crippen molar-refractivity contribution in [2.75, 3.05) is 13.1 Å². The highest BCUT2D eigenvalue weighted by Crippen LogP contribution is 2.51. The van der Waals surface area contributed by atoms with Crippen molar-refractivity contribution in [1.82, 2.24) is 8.87 Å². The number of nitrogens with two attached hydrogens (primary N) is 1. The minimum Gasteiger partial charge on any atom is -0.493 e. The number of thiocarbonyl (C=S) groups is 1. The summed E-state index contributed by atoms with van der Waals surface area (Å²) in [7, 11) is -3.67. The van der Waals surface area contributed by atoms with Crippen LogP contribution in [0.4, 0.5) is 5.69 Å². The average molecular weight is 464 g/mol. The molecular weight excluding hydrogens is 434 g/mol. The Balaban J connectivity index is 1.97. The van der Waals surface area contributed by atoms with Crippen LogP contribution in [-0.4, -0.2) is 40.6 Å². The third-order valence-corrected chi connectivity index (χ3v) is 8.54. The number of azo groups is 1. The highest BCUT2D eigenvalue weighted by molar-refractivity contribution is 7.89. The third-order valence-electron chi connectivity index (χ3n) is 6.59. The summed E-state index contributed by atoms with van der Waals surface area (Å²) < 4.78 is 30.4. The molecule has 8 nitrogen and oxygen atoms in total. The average Bonchev–Trinajstić information content (AvgIpc) is 2.96. The van der Waals surface area contributed by atoms with Crippen LogP contribution in [0.15, 0.2) is 27.3 Å². The lowest BCUT2D eigenvalue weighted by molar-refractivity contribution is 0.267. The number of hydrogen-bond acceptors (Lipinski definition) is 5. The van der Waals surface area contributed by atoms with E-state index in [9.17, 15) is 13.5 Å². The van der Waals surface area contributed by atoms with Crippen molar-refractivity contribution in [3.05, 3.63) is 17.7 Å². The standard InChI is InChI=1S/C21H29N5O3S2/c1-12-5-7-25(8-6-12)31(28,29)14-9-15-13(2)11-21(3,4)26-18(15)16(10-14)17(19(26)27)23-24-20(22)30/h9-10,12-13,27H,5-8,11H2,1-4H3,(H2,22,30). The van der Waals surface area contributed by atoms with E-state index in [0.717, 1.165) is 30.3 Å². The second kappa shape index (κ2) is 7.53. The topological polar surface area (TPSA) is 113 Å². The Labute approximate surface area is 188 Å². The van der Waals surface area contributed by atoms with Crippen LogP contribution in [0.2, 0.25) is 0 Å². The van der Waals surface area contributed by atoms with Crippen LogP contribution in [0.25, 0.3) is 10.9 Å².